The first-order valence-corrected chi connectivity index (χ1v) is 8.61. The van der Waals surface area contributed by atoms with Crippen LogP contribution in [-0.2, 0) is 6.54 Å². The van der Waals surface area contributed by atoms with Crippen LogP contribution >= 0.6 is 11.8 Å². The van der Waals surface area contributed by atoms with Gasteiger partial charge in [-0.15, -0.1) is 0 Å². The number of thioether (sulfide) groups is 1. The maximum Gasteiger partial charge on any atom is 0.161 e. The standard InChI is InChI=1S/C16H25NO2S/c1-4-19-15-8-5-12(9-16(15)18-2)11-17-13-6-7-14(10-13)20-3/h5,8-9,13-14,17H,4,6-7,10-11H2,1-3H3. The van der Waals surface area contributed by atoms with Gasteiger partial charge in [0.1, 0.15) is 0 Å². The average molecular weight is 295 g/mol. The Labute approximate surface area is 126 Å². The van der Waals surface area contributed by atoms with Crippen LogP contribution in [0.1, 0.15) is 31.7 Å². The smallest absolute Gasteiger partial charge is 0.161 e. The molecule has 0 saturated heterocycles. The fraction of sp³-hybridized carbons (Fsp3) is 0.625. The molecule has 1 aromatic carbocycles. The zero-order valence-corrected chi connectivity index (χ0v) is 13.5. The van der Waals surface area contributed by atoms with Gasteiger partial charge in [-0.3, -0.25) is 0 Å². The molecule has 1 fully saturated rings. The number of methoxy groups -OCH3 is 1. The molecule has 1 aliphatic carbocycles. The molecule has 2 unspecified atom stereocenters. The first kappa shape index (κ1) is 15.5. The molecule has 0 bridgehead atoms. The van der Waals surface area contributed by atoms with E-state index >= 15 is 0 Å². The van der Waals surface area contributed by atoms with Crippen molar-refractivity contribution in [3.8, 4) is 11.5 Å². The molecule has 2 atom stereocenters. The zero-order chi connectivity index (χ0) is 14.4. The van der Waals surface area contributed by atoms with E-state index in [2.05, 4.69) is 23.7 Å². The molecular formula is C16H25NO2S. The summed E-state index contributed by atoms with van der Waals surface area (Å²) in [5, 5.41) is 4.49. The van der Waals surface area contributed by atoms with E-state index in [-0.39, 0.29) is 0 Å². The summed E-state index contributed by atoms with van der Waals surface area (Å²) in [6.07, 6.45) is 6.13. The van der Waals surface area contributed by atoms with Gasteiger partial charge in [0.05, 0.1) is 13.7 Å². The molecule has 4 heteroatoms. The van der Waals surface area contributed by atoms with E-state index in [0.717, 1.165) is 23.3 Å². The van der Waals surface area contributed by atoms with Crippen LogP contribution in [0.15, 0.2) is 18.2 Å². The van der Waals surface area contributed by atoms with Crippen molar-refractivity contribution < 1.29 is 9.47 Å². The van der Waals surface area contributed by atoms with Crippen molar-refractivity contribution in [3.05, 3.63) is 23.8 Å². The van der Waals surface area contributed by atoms with Gasteiger partial charge in [-0.1, -0.05) is 6.07 Å². The molecule has 0 aliphatic heterocycles. The summed E-state index contributed by atoms with van der Waals surface area (Å²) in [5.41, 5.74) is 1.25. The minimum atomic E-state index is 0.657. The molecule has 2 rings (SSSR count). The molecule has 0 heterocycles. The van der Waals surface area contributed by atoms with Gasteiger partial charge < -0.3 is 14.8 Å². The second kappa shape index (κ2) is 7.79. The van der Waals surface area contributed by atoms with Crippen LogP contribution in [0.25, 0.3) is 0 Å². The van der Waals surface area contributed by atoms with Crippen molar-refractivity contribution in [3.63, 3.8) is 0 Å². The second-order valence-electron chi connectivity index (χ2n) is 5.17. The third-order valence-electron chi connectivity index (χ3n) is 3.84. The van der Waals surface area contributed by atoms with Gasteiger partial charge in [0.15, 0.2) is 11.5 Å². The number of hydrogen-bond donors (Lipinski definition) is 1. The maximum absolute atomic E-state index is 5.54. The summed E-state index contributed by atoms with van der Waals surface area (Å²) in [4.78, 5) is 0. The first-order valence-electron chi connectivity index (χ1n) is 7.32. The Hall–Kier alpha value is -0.870. The molecule has 1 N–H and O–H groups in total. The van der Waals surface area contributed by atoms with Crippen molar-refractivity contribution >= 4 is 11.8 Å². The van der Waals surface area contributed by atoms with Crippen LogP contribution in [0.4, 0.5) is 0 Å². The zero-order valence-electron chi connectivity index (χ0n) is 12.6. The van der Waals surface area contributed by atoms with Crippen LogP contribution in [0, 0.1) is 0 Å². The average Bonchev–Trinajstić information content (AvgIpc) is 2.94. The minimum absolute atomic E-state index is 0.657. The van der Waals surface area contributed by atoms with Crippen LogP contribution in [0.5, 0.6) is 11.5 Å². The van der Waals surface area contributed by atoms with Gasteiger partial charge in [0, 0.05) is 17.8 Å². The van der Waals surface area contributed by atoms with Crippen LogP contribution in [0.2, 0.25) is 0 Å². The van der Waals surface area contributed by atoms with Crippen molar-refractivity contribution in [2.24, 2.45) is 0 Å². The van der Waals surface area contributed by atoms with Gasteiger partial charge in [-0.25, -0.2) is 0 Å². The third-order valence-corrected chi connectivity index (χ3v) is 4.94. The quantitative estimate of drug-likeness (QED) is 0.834. The third kappa shape index (κ3) is 4.06. The fourth-order valence-corrected chi connectivity index (χ4v) is 3.50. The first-order chi connectivity index (χ1) is 9.76. The fourth-order valence-electron chi connectivity index (χ4n) is 2.70. The van der Waals surface area contributed by atoms with Gasteiger partial charge in [-0.05, 0) is 50.1 Å². The van der Waals surface area contributed by atoms with E-state index in [1.54, 1.807) is 7.11 Å². The summed E-state index contributed by atoms with van der Waals surface area (Å²) < 4.78 is 10.9. The van der Waals surface area contributed by atoms with E-state index in [4.69, 9.17) is 9.47 Å². The summed E-state index contributed by atoms with van der Waals surface area (Å²) in [6, 6.07) is 6.84. The van der Waals surface area contributed by atoms with Crippen molar-refractivity contribution in [1.29, 1.82) is 0 Å². The lowest BCUT2D eigenvalue weighted by atomic mass is 10.1. The van der Waals surface area contributed by atoms with Crippen molar-refractivity contribution in [1.82, 2.24) is 5.32 Å². The lowest BCUT2D eigenvalue weighted by molar-refractivity contribution is 0.310. The largest absolute Gasteiger partial charge is 0.493 e. The molecular weight excluding hydrogens is 270 g/mol. The van der Waals surface area contributed by atoms with E-state index < -0.39 is 0 Å². The van der Waals surface area contributed by atoms with E-state index in [9.17, 15) is 0 Å². The Morgan fingerprint density at radius 1 is 1.30 bits per heavy atom. The molecule has 0 radical (unpaired) electrons. The number of hydrogen-bond acceptors (Lipinski definition) is 4. The van der Waals surface area contributed by atoms with Gasteiger partial charge in [0.25, 0.3) is 0 Å². The molecule has 1 aliphatic rings. The van der Waals surface area contributed by atoms with E-state index in [1.165, 1.54) is 24.8 Å². The summed E-state index contributed by atoms with van der Waals surface area (Å²) in [5.74, 6) is 1.64. The number of nitrogens with one attached hydrogen (secondary N) is 1. The molecule has 20 heavy (non-hydrogen) atoms. The molecule has 0 amide bonds. The van der Waals surface area contributed by atoms with Crippen molar-refractivity contribution in [2.45, 2.75) is 44.0 Å². The highest BCUT2D eigenvalue weighted by atomic mass is 32.2. The van der Waals surface area contributed by atoms with Crippen LogP contribution in [-0.4, -0.2) is 31.3 Å². The molecule has 0 aromatic heterocycles. The minimum Gasteiger partial charge on any atom is -0.493 e. The molecule has 1 saturated carbocycles. The normalized spacial score (nSPS) is 21.9. The van der Waals surface area contributed by atoms with Crippen molar-refractivity contribution in [2.75, 3.05) is 20.0 Å². The molecule has 3 nitrogen and oxygen atoms in total. The summed E-state index contributed by atoms with van der Waals surface area (Å²) >= 11 is 1.99. The Morgan fingerprint density at radius 3 is 2.80 bits per heavy atom. The Balaban J connectivity index is 1.90. The highest BCUT2D eigenvalue weighted by Gasteiger charge is 2.23. The van der Waals surface area contributed by atoms with Gasteiger partial charge >= 0.3 is 0 Å². The topological polar surface area (TPSA) is 30.5 Å². The van der Waals surface area contributed by atoms with Gasteiger partial charge in [-0.2, -0.15) is 11.8 Å². The number of rotatable bonds is 7. The predicted octanol–water partition coefficient (Wildman–Crippen LogP) is 3.47. The highest BCUT2D eigenvalue weighted by molar-refractivity contribution is 7.99. The summed E-state index contributed by atoms with van der Waals surface area (Å²) in [7, 11) is 1.69. The van der Waals surface area contributed by atoms with E-state index in [1.807, 2.05) is 24.8 Å². The van der Waals surface area contributed by atoms with Gasteiger partial charge in [0.2, 0.25) is 0 Å². The number of ether oxygens (including phenoxy) is 2. The molecule has 112 valence electrons. The lowest BCUT2D eigenvalue weighted by Crippen LogP contribution is -2.26. The Kier molecular flexibility index (Phi) is 6.05. The van der Waals surface area contributed by atoms with E-state index in [0.29, 0.717) is 12.6 Å². The summed E-state index contributed by atoms with van der Waals surface area (Å²) in [6.45, 7) is 3.54. The lowest BCUT2D eigenvalue weighted by Gasteiger charge is -2.14. The Bertz CT molecular complexity index is 425. The Morgan fingerprint density at radius 2 is 2.15 bits per heavy atom. The molecule has 1 aromatic rings. The number of benzene rings is 1. The SMILES string of the molecule is CCOc1ccc(CNC2CCC(SC)C2)cc1OC. The highest BCUT2D eigenvalue weighted by Crippen LogP contribution is 2.30. The molecule has 0 spiro atoms. The monoisotopic (exact) mass is 295 g/mol. The van der Waals surface area contributed by atoms with Crippen LogP contribution < -0.4 is 14.8 Å². The second-order valence-corrected chi connectivity index (χ2v) is 6.30. The maximum atomic E-state index is 5.54. The van der Waals surface area contributed by atoms with Crippen LogP contribution in [0.3, 0.4) is 0 Å². The predicted molar refractivity (Wildman–Crippen MR) is 85.9 cm³/mol.